The third-order valence-electron chi connectivity index (χ3n) is 5.41. The summed E-state index contributed by atoms with van der Waals surface area (Å²) in [7, 11) is 0. The van der Waals surface area contributed by atoms with Crippen molar-refractivity contribution in [2.24, 2.45) is 5.92 Å². The number of nitrogens with zero attached hydrogens (tertiary/aromatic N) is 3. The van der Waals surface area contributed by atoms with E-state index in [0.29, 0.717) is 12.1 Å². The largest absolute Gasteiger partial charge is 0.505 e. The van der Waals surface area contributed by atoms with Crippen LogP contribution >= 0.6 is 0 Å². The summed E-state index contributed by atoms with van der Waals surface area (Å²) in [6.45, 7) is 2.44. The number of rotatable bonds is 5. The first-order chi connectivity index (χ1) is 12.6. The minimum absolute atomic E-state index is 0.0000823. The first-order valence-electron chi connectivity index (χ1n) is 9.36. The van der Waals surface area contributed by atoms with Crippen LogP contribution < -0.4 is 0 Å². The summed E-state index contributed by atoms with van der Waals surface area (Å²) in [6.07, 6.45) is 8.66. The maximum atomic E-state index is 13.5. The summed E-state index contributed by atoms with van der Waals surface area (Å²) in [4.78, 5) is 19.1. The Morgan fingerprint density at radius 1 is 1.31 bits per heavy atom. The van der Waals surface area contributed by atoms with E-state index in [4.69, 9.17) is 0 Å². The minimum atomic E-state index is -0.686. The Balaban J connectivity index is 1.42. The van der Waals surface area contributed by atoms with Crippen LogP contribution in [0.4, 0.5) is 4.39 Å². The molecule has 26 heavy (non-hydrogen) atoms. The molecule has 6 heteroatoms. The number of amides is 1. The standard InChI is InChI=1S/C20H24FN3O2/c21-17-10-15(5-6-18(17)25)11-19(26)23-8-1-2-16(13-23)20-22-7-9-24(20)12-14-3-4-14/h5-7,9-10,14,16,25H,1-4,8,11-13H2. The van der Waals surface area contributed by atoms with Gasteiger partial charge in [0.25, 0.3) is 0 Å². The van der Waals surface area contributed by atoms with E-state index in [0.717, 1.165) is 37.7 Å². The minimum Gasteiger partial charge on any atom is -0.505 e. The lowest BCUT2D eigenvalue weighted by atomic mass is 9.96. The van der Waals surface area contributed by atoms with Gasteiger partial charge in [0, 0.05) is 37.9 Å². The fraction of sp³-hybridized carbons (Fsp3) is 0.500. The van der Waals surface area contributed by atoms with Gasteiger partial charge < -0.3 is 14.6 Å². The van der Waals surface area contributed by atoms with Crippen LogP contribution in [0.1, 0.15) is 43.0 Å². The number of halogens is 1. The lowest BCUT2D eigenvalue weighted by molar-refractivity contribution is -0.131. The highest BCUT2D eigenvalue weighted by atomic mass is 19.1. The van der Waals surface area contributed by atoms with Gasteiger partial charge in [0.15, 0.2) is 11.6 Å². The van der Waals surface area contributed by atoms with Gasteiger partial charge in [0.05, 0.1) is 6.42 Å². The van der Waals surface area contributed by atoms with Crippen LogP contribution in [-0.4, -0.2) is 38.6 Å². The van der Waals surface area contributed by atoms with Crippen molar-refractivity contribution in [3.8, 4) is 5.75 Å². The molecule has 5 nitrogen and oxygen atoms in total. The average molecular weight is 357 g/mol. The number of likely N-dealkylation sites (tertiary alicyclic amines) is 1. The van der Waals surface area contributed by atoms with E-state index in [2.05, 4.69) is 9.55 Å². The molecule has 1 aromatic heterocycles. The molecule has 2 aliphatic rings. The SMILES string of the molecule is O=C(Cc1ccc(O)c(F)c1)N1CCCC(c2nccn2CC2CC2)C1. The van der Waals surface area contributed by atoms with Crippen LogP contribution in [0.15, 0.2) is 30.6 Å². The number of aromatic nitrogens is 2. The molecule has 1 unspecified atom stereocenters. The number of aromatic hydroxyl groups is 1. The second-order valence-corrected chi connectivity index (χ2v) is 7.52. The number of imidazole rings is 1. The Morgan fingerprint density at radius 2 is 2.15 bits per heavy atom. The molecule has 2 fully saturated rings. The normalized spacial score (nSPS) is 20.3. The van der Waals surface area contributed by atoms with Gasteiger partial charge in [0.2, 0.25) is 5.91 Å². The van der Waals surface area contributed by atoms with Crippen LogP contribution in [0.3, 0.4) is 0 Å². The highest BCUT2D eigenvalue weighted by molar-refractivity contribution is 5.79. The average Bonchev–Trinajstić information content (AvgIpc) is 3.33. The van der Waals surface area contributed by atoms with Crippen molar-refractivity contribution < 1.29 is 14.3 Å². The van der Waals surface area contributed by atoms with Crippen molar-refractivity contribution in [2.75, 3.05) is 13.1 Å². The topological polar surface area (TPSA) is 58.4 Å². The van der Waals surface area contributed by atoms with Crippen LogP contribution in [0, 0.1) is 11.7 Å². The molecule has 1 amide bonds. The zero-order valence-electron chi connectivity index (χ0n) is 14.8. The summed E-state index contributed by atoms with van der Waals surface area (Å²) < 4.78 is 15.7. The number of piperidine rings is 1. The molecule has 2 aromatic rings. The molecule has 1 N–H and O–H groups in total. The van der Waals surface area contributed by atoms with Gasteiger partial charge in [-0.3, -0.25) is 4.79 Å². The monoisotopic (exact) mass is 357 g/mol. The summed E-state index contributed by atoms with van der Waals surface area (Å²) >= 11 is 0. The Hall–Kier alpha value is -2.37. The summed E-state index contributed by atoms with van der Waals surface area (Å²) in [5.74, 6) is 1.06. The number of phenols is 1. The molecule has 4 rings (SSSR count). The Kier molecular flexibility index (Phi) is 4.66. The van der Waals surface area contributed by atoms with Gasteiger partial charge in [-0.15, -0.1) is 0 Å². The molecule has 0 bridgehead atoms. The molecule has 138 valence electrons. The van der Waals surface area contributed by atoms with E-state index in [1.807, 2.05) is 17.3 Å². The molecule has 1 aliphatic carbocycles. The van der Waals surface area contributed by atoms with Crippen LogP contribution in [0.5, 0.6) is 5.75 Å². The number of hydrogen-bond acceptors (Lipinski definition) is 3. The van der Waals surface area contributed by atoms with Crippen molar-refractivity contribution >= 4 is 5.91 Å². The highest BCUT2D eigenvalue weighted by Gasteiger charge is 2.29. The molecule has 0 radical (unpaired) electrons. The fourth-order valence-corrected chi connectivity index (χ4v) is 3.77. The van der Waals surface area contributed by atoms with Crippen molar-refractivity contribution in [3.05, 3.63) is 47.8 Å². The first-order valence-corrected chi connectivity index (χ1v) is 9.36. The highest BCUT2D eigenvalue weighted by Crippen LogP contribution is 2.33. The van der Waals surface area contributed by atoms with E-state index >= 15 is 0 Å². The summed E-state index contributed by atoms with van der Waals surface area (Å²) in [5, 5.41) is 9.28. The van der Waals surface area contributed by atoms with Crippen molar-refractivity contribution in [1.29, 1.82) is 0 Å². The maximum Gasteiger partial charge on any atom is 0.227 e. The molecule has 1 saturated heterocycles. The van der Waals surface area contributed by atoms with E-state index in [-0.39, 0.29) is 24.0 Å². The van der Waals surface area contributed by atoms with Gasteiger partial charge in [-0.2, -0.15) is 0 Å². The smallest absolute Gasteiger partial charge is 0.227 e. The number of carbonyl (C=O) groups is 1. The number of phenolic OH excluding ortho intramolecular Hbond substituents is 1. The molecule has 0 spiro atoms. The van der Waals surface area contributed by atoms with E-state index in [1.165, 1.54) is 25.0 Å². The number of benzene rings is 1. The van der Waals surface area contributed by atoms with Gasteiger partial charge in [-0.25, -0.2) is 9.37 Å². The second-order valence-electron chi connectivity index (χ2n) is 7.52. The Bertz CT molecular complexity index is 800. The van der Waals surface area contributed by atoms with Crippen LogP contribution in [0.25, 0.3) is 0 Å². The predicted molar refractivity (Wildman–Crippen MR) is 95.3 cm³/mol. The maximum absolute atomic E-state index is 13.5. The van der Waals surface area contributed by atoms with Crippen LogP contribution in [-0.2, 0) is 17.8 Å². The van der Waals surface area contributed by atoms with Gasteiger partial charge in [-0.05, 0) is 49.3 Å². The first kappa shape index (κ1) is 17.1. The van der Waals surface area contributed by atoms with Crippen molar-refractivity contribution in [3.63, 3.8) is 0 Å². The molecule has 1 saturated carbocycles. The van der Waals surface area contributed by atoms with Crippen molar-refractivity contribution in [2.45, 2.75) is 44.6 Å². The third kappa shape index (κ3) is 3.74. The molecule has 1 aromatic carbocycles. The summed E-state index contributed by atoms with van der Waals surface area (Å²) in [6, 6.07) is 4.13. The zero-order valence-corrected chi connectivity index (χ0v) is 14.8. The van der Waals surface area contributed by atoms with Crippen molar-refractivity contribution in [1.82, 2.24) is 14.5 Å². The van der Waals surface area contributed by atoms with Gasteiger partial charge in [-0.1, -0.05) is 6.07 Å². The predicted octanol–water partition coefficient (Wildman–Crippen LogP) is 3.09. The zero-order chi connectivity index (χ0) is 18.1. The lowest BCUT2D eigenvalue weighted by Gasteiger charge is -2.33. The quantitative estimate of drug-likeness (QED) is 0.895. The molecular weight excluding hydrogens is 333 g/mol. The Morgan fingerprint density at radius 3 is 2.92 bits per heavy atom. The molecule has 1 atom stereocenters. The number of hydrogen-bond donors (Lipinski definition) is 1. The van der Waals surface area contributed by atoms with Gasteiger partial charge >= 0.3 is 0 Å². The van der Waals surface area contributed by atoms with E-state index in [1.54, 1.807) is 6.07 Å². The van der Waals surface area contributed by atoms with E-state index in [9.17, 15) is 14.3 Å². The number of carbonyl (C=O) groups excluding carboxylic acids is 1. The van der Waals surface area contributed by atoms with Gasteiger partial charge in [0.1, 0.15) is 5.82 Å². The van der Waals surface area contributed by atoms with Crippen LogP contribution in [0.2, 0.25) is 0 Å². The fourth-order valence-electron chi connectivity index (χ4n) is 3.77. The molecular formula is C20H24FN3O2. The lowest BCUT2D eigenvalue weighted by Crippen LogP contribution is -2.40. The molecule has 2 heterocycles. The second kappa shape index (κ2) is 7.09. The van der Waals surface area contributed by atoms with E-state index < -0.39 is 5.82 Å². The Labute approximate surface area is 152 Å². The third-order valence-corrected chi connectivity index (χ3v) is 5.41. The molecule has 1 aliphatic heterocycles. The summed E-state index contributed by atoms with van der Waals surface area (Å²) in [5.41, 5.74) is 0.586.